The Bertz CT molecular complexity index is 1240. The number of nitrogens with zero attached hydrogens (tertiary/aromatic N) is 2. The third-order valence-corrected chi connectivity index (χ3v) is 6.81. The van der Waals surface area contributed by atoms with E-state index >= 15 is 0 Å². The van der Waals surface area contributed by atoms with E-state index in [9.17, 15) is 14.9 Å². The van der Waals surface area contributed by atoms with Crippen molar-refractivity contribution in [3.05, 3.63) is 112 Å². The molecule has 0 bridgehead atoms. The first kappa shape index (κ1) is 22.7. The predicted octanol–water partition coefficient (Wildman–Crippen LogP) is 5.08. The first-order valence-corrected chi connectivity index (χ1v) is 11.6. The summed E-state index contributed by atoms with van der Waals surface area (Å²) in [6.45, 7) is 0.283. The molecule has 1 aliphatic heterocycles. The van der Waals surface area contributed by atoms with E-state index in [0.29, 0.717) is 22.2 Å². The first-order valence-electron chi connectivity index (χ1n) is 10.3. The van der Waals surface area contributed by atoms with Crippen LogP contribution in [0.1, 0.15) is 11.1 Å². The molecule has 5 nitrogen and oxygen atoms in total. The molecule has 164 valence electrons. The molecule has 1 aliphatic rings. The van der Waals surface area contributed by atoms with Crippen LogP contribution in [-0.2, 0) is 22.6 Å². The molecule has 0 aromatic heterocycles. The lowest BCUT2D eigenvalue weighted by molar-refractivity contribution is -0.117. The van der Waals surface area contributed by atoms with Gasteiger partial charge in [-0.1, -0.05) is 90.1 Å². The molecule has 2 amide bonds. The summed E-state index contributed by atoms with van der Waals surface area (Å²) in [5.74, 6) is -0.708. The predicted molar refractivity (Wildman–Crippen MR) is 131 cm³/mol. The number of hydrogen-bond acceptors (Lipinski definition) is 4. The van der Waals surface area contributed by atoms with Crippen molar-refractivity contribution < 1.29 is 9.59 Å². The van der Waals surface area contributed by atoms with Crippen LogP contribution in [0.4, 0.5) is 5.69 Å². The molecule has 1 fully saturated rings. The Labute approximate surface area is 201 Å². The number of thioether (sulfide) groups is 1. The summed E-state index contributed by atoms with van der Waals surface area (Å²) in [4.78, 5) is 27.9. The number of nitrogens with one attached hydrogen (secondary N) is 1. The van der Waals surface area contributed by atoms with Gasteiger partial charge in [-0.15, -0.1) is 0 Å². The van der Waals surface area contributed by atoms with Gasteiger partial charge in [-0.2, -0.15) is 5.26 Å². The molecular formula is C26H20ClN3O2S. The van der Waals surface area contributed by atoms with Crippen LogP contribution < -0.4 is 10.2 Å². The Morgan fingerprint density at radius 1 is 1.00 bits per heavy atom. The van der Waals surface area contributed by atoms with Crippen molar-refractivity contribution in [2.24, 2.45) is 0 Å². The van der Waals surface area contributed by atoms with Gasteiger partial charge in [0.05, 0.1) is 5.25 Å². The van der Waals surface area contributed by atoms with Gasteiger partial charge in [0.1, 0.15) is 16.7 Å². The number of hydrogen-bond donors (Lipinski definition) is 1. The van der Waals surface area contributed by atoms with Crippen molar-refractivity contribution in [2.45, 2.75) is 18.2 Å². The maximum atomic E-state index is 13.4. The van der Waals surface area contributed by atoms with Crippen molar-refractivity contribution in [2.75, 3.05) is 4.90 Å². The second-order valence-electron chi connectivity index (χ2n) is 7.37. The van der Waals surface area contributed by atoms with Crippen molar-refractivity contribution >= 4 is 40.9 Å². The Morgan fingerprint density at radius 3 is 2.30 bits per heavy atom. The normalized spacial score (nSPS) is 16.9. The van der Waals surface area contributed by atoms with Gasteiger partial charge in [-0.05, 0) is 35.7 Å². The number of anilines is 1. The van der Waals surface area contributed by atoms with Crippen LogP contribution in [0, 0.1) is 11.3 Å². The number of rotatable bonds is 6. The molecule has 33 heavy (non-hydrogen) atoms. The second kappa shape index (κ2) is 10.4. The minimum Gasteiger partial charge on any atom is -0.347 e. The van der Waals surface area contributed by atoms with Gasteiger partial charge in [0, 0.05) is 17.3 Å². The number of amides is 2. The first-order chi connectivity index (χ1) is 16.1. The highest BCUT2D eigenvalue weighted by molar-refractivity contribution is 8.05. The zero-order valence-electron chi connectivity index (χ0n) is 17.6. The van der Waals surface area contributed by atoms with Gasteiger partial charge in [0.15, 0.2) is 0 Å². The third-order valence-electron chi connectivity index (χ3n) is 5.18. The number of carbonyl (C=O) groups excluding carboxylic acids is 2. The third kappa shape index (κ3) is 5.11. The molecule has 1 heterocycles. The molecule has 1 atom stereocenters. The van der Waals surface area contributed by atoms with Crippen LogP contribution in [0.3, 0.4) is 0 Å². The summed E-state index contributed by atoms with van der Waals surface area (Å²) in [6.07, 6.45) is 0.389. The van der Waals surface area contributed by atoms with E-state index in [2.05, 4.69) is 5.32 Å². The van der Waals surface area contributed by atoms with E-state index in [4.69, 9.17) is 11.6 Å². The molecule has 3 aromatic carbocycles. The standard InChI is InChI=1S/C26H20ClN3O2S/c27-22-14-8-7-11-19(22)15-23-25(32)30(20-12-5-2-6-13-20)26(33-23)21(16-28)24(31)29-17-18-9-3-1-4-10-18/h1-14,23H,15,17H2,(H,29,31)/b26-21-. The van der Waals surface area contributed by atoms with E-state index in [1.54, 1.807) is 18.2 Å². The molecular weight excluding hydrogens is 454 g/mol. The smallest absolute Gasteiger partial charge is 0.264 e. The van der Waals surface area contributed by atoms with Crippen LogP contribution in [0.15, 0.2) is 95.5 Å². The second-order valence-corrected chi connectivity index (χ2v) is 8.97. The van der Waals surface area contributed by atoms with Gasteiger partial charge in [0.2, 0.25) is 5.91 Å². The topological polar surface area (TPSA) is 73.2 Å². The van der Waals surface area contributed by atoms with Crippen LogP contribution in [0.5, 0.6) is 0 Å². The average molecular weight is 474 g/mol. The molecule has 0 aliphatic carbocycles. The van der Waals surface area contributed by atoms with Crippen molar-refractivity contribution in [1.29, 1.82) is 5.26 Å². The minimum atomic E-state index is -0.518. The van der Waals surface area contributed by atoms with Crippen molar-refractivity contribution in [3.63, 3.8) is 0 Å². The summed E-state index contributed by atoms with van der Waals surface area (Å²) >= 11 is 7.54. The Kier molecular flexibility index (Phi) is 7.13. The molecule has 1 saturated heterocycles. The van der Waals surface area contributed by atoms with Crippen molar-refractivity contribution in [3.8, 4) is 6.07 Å². The maximum Gasteiger partial charge on any atom is 0.264 e. The van der Waals surface area contributed by atoms with Gasteiger partial charge in [-0.25, -0.2) is 0 Å². The molecule has 4 rings (SSSR count). The quantitative estimate of drug-likeness (QED) is 0.400. The fourth-order valence-electron chi connectivity index (χ4n) is 3.53. The van der Waals surface area contributed by atoms with Gasteiger partial charge in [-0.3, -0.25) is 14.5 Å². The summed E-state index contributed by atoms with van der Waals surface area (Å²) in [6, 6.07) is 27.9. The van der Waals surface area contributed by atoms with Crippen LogP contribution >= 0.6 is 23.4 Å². The van der Waals surface area contributed by atoms with Gasteiger partial charge >= 0.3 is 0 Å². The summed E-state index contributed by atoms with van der Waals surface area (Å²) < 4.78 is 0. The van der Waals surface area contributed by atoms with Crippen LogP contribution in [0.2, 0.25) is 5.02 Å². The number of benzene rings is 3. The lowest BCUT2D eigenvalue weighted by atomic mass is 10.1. The maximum absolute atomic E-state index is 13.4. The Morgan fingerprint density at radius 2 is 1.64 bits per heavy atom. The molecule has 1 unspecified atom stereocenters. The van der Waals surface area contributed by atoms with Crippen molar-refractivity contribution in [1.82, 2.24) is 5.32 Å². The lowest BCUT2D eigenvalue weighted by Gasteiger charge is -2.18. The van der Waals surface area contributed by atoms with E-state index < -0.39 is 11.2 Å². The number of nitriles is 1. The van der Waals surface area contributed by atoms with E-state index in [0.717, 1.165) is 11.1 Å². The highest BCUT2D eigenvalue weighted by atomic mass is 35.5. The number of carbonyl (C=O) groups is 2. The highest BCUT2D eigenvalue weighted by Gasteiger charge is 2.40. The zero-order chi connectivity index (χ0) is 23.2. The molecule has 7 heteroatoms. The van der Waals surface area contributed by atoms with Crippen LogP contribution in [0.25, 0.3) is 0 Å². The number of para-hydroxylation sites is 1. The SMILES string of the molecule is N#C/C(C(=O)NCc1ccccc1)=C1/SC(Cc2ccccc2Cl)C(=O)N1c1ccccc1. The molecule has 3 aromatic rings. The fraction of sp³-hybridized carbons (Fsp3) is 0.115. The molecule has 0 spiro atoms. The number of halogens is 1. The highest BCUT2D eigenvalue weighted by Crippen LogP contribution is 2.42. The Balaban J connectivity index is 1.67. The van der Waals surface area contributed by atoms with Gasteiger partial charge in [0.25, 0.3) is 5.91 Å². The van der Waals surface area contributed by atoms with Crippen LogP contribution in [-0.4, -0.2) is 17.1 Å². The summed E-state index contributed by atoms with van der Waals surface area (Å²) in [5, 5.41) is 13.1. The summed E-state index contributed by atoms with van der Waals surface area (Å²) in [5.41, 5.74) is 2.27. The van der Waals surface area contributed by atoms with Gasteiger partial charge < -0.3 is 5.32 Å². The average Bonchev–Trinajstić information content (AvgIpc) is 3.16. The lowest BCUT2D eigenvalue weighted by Crippen LogP contribution is -2.32. The monoisotopic (exact) mass is 473 g/mol. The van der Waals surface area contributed by atoms with E-state index in [-0.39, 0.29) is 18.0 Å². The molecule has 1 N–H and O–H groups in total. The van der Waals surface area contributed by atoms with E-state index in [1.807, 2.05) is 72.8 Å². The molecule has 0 saturated carbocycles. The zero-order valence-corrected chi connectivity index (χ0v) is 19.1. The largest absolute Gasteiger partial charge is 0.347 e. The van der Waals surface area contributed by atoms with E-state index in [1.165, 1.54) is 16.7 Å². The fourth-order valence-corrected chi connectivity index (χ4v) is 5.04. The summed E-state index contributed by atoms with van der Waals surface area (Å²) in [7, 11) is 0. The Hall–Kier alpha value is -3.53. The minimum absolute atomic E-state index is 0.0882. The molecule has 0 radical (unpaired) electrons.